The number of benzene rings is 1. The summed E-state index contributed by atoms with van der Waals surface area (Å²) in [6.45, 7) is 1.05. The number of piperidine rings is 1. The largest absolute Gasteiger partial charge is 0.503 e. The van der Waals surface area contributed by atoms with Gasteiger partial charge in [-0.1, -0.05) is 0 Å². The average Bonchev–Trinajstić information content (AvgIpc) is 3.28. The molecule has 33 heavy (non-hydrogen) atoms. The summed E-state index contributed by atoms with van der Waals surface area (Å²) in [5.74, 6) is -5.35. The number of amides is 2. The molecular formula is C20H17F5N6O2. The van der Waals surface area contributed by atoms with E-state index < -0.39 is 34.7 Å². The van der Waals surface area contributed by atoms with E-state index in [1.54, 1.807) is 4.90 Å². The lowest BCUT2D eigenvalue weighted by molar-refractivity contribution is -0.140. The third-order valence-electron chi connectivity index (χ3n) is 6.04. The monoisotopic (exact) mass is 468 g/mol. The van der Waals surface area contributed by atoms with Gasteiger partial charge in [0, 0.05) is 25.4 Å². The lowest BCUT2D eigenvalue weighted by atomic mass is 10.0. The fraction of sp³-hybridized carbons (Fsp3) is 0.400. The van der Waals surface area contributed by atoms with Gasteiger partial charge in [-0.15, -0.1) is 0 Å². The Morgan fingerprint density at radius 3 is 2.64 bits per heavy atom. The van der Waals surface area contributed by atoms with Crippen molar-refractivity contribution in [3.63, 3.8) is 0 Å². The van der Waals surface area contributed by atoms with Crippen LogP contribution in [-0.2, 0) is 13.2 Å². The number of phenols is 1. The van der Waals surface area contributed by atoms with Gasteiger partial charge in [0.15, 0.2) is 23.0 Å². The van der Waals surface area contributed by atoms with Gasteiger partial charge in [0.2, 0.25) is 5.95 Å². The highest BCUT2D eigenvalue weighted by atomic mass is 19.4. The van der Waals surface area contributed by atoms with E-state index in [0.717, 1.165) is 19.3 Å². The van der Waals surface area contributed by atoms with Gasteiger partial charge in [-0.05, 0) is 25.3 Å². The van der Waals surface area contributed by atoms with Crippen molar-refractivity contribution < 1.29 is 31.9 Å². The molecule has 2 aliphatic heterocycles. The van der Waals surface area contributed by atoms with E-state index in [9.17, 15) is 31.9 Å². The predicted molar refractivity (Wildman–Crippen MR) is 105 cm³/mol. The zero-order valence-electron chi connectivity index (χ0n) is 17.2. The number of urea groups is 1. The summed E-state index contributed by atoms with van der Waals surface area (Å²) in [4.78, 5) is 24.5. The molecule has 0 saturated carbocycles. The first-order chi connectivity index (χ1) is 15.6. The number of anilines is 1. The molecule has 1 aromatic carbocycles. The van der Waals surface area contributed by atoms with Crippen LogP contribution in [0.5, 0.6) is 5.75 Å². The second-order valence-corrected chi connectivity index (χ2v) is 8.06. The van der Waals surface area contributed by atoms with Crippen LogP contribution in [0.3, 0.4) is 0 Å². The summed E-state index contributed by atoms with van der Waals surface area (Å²) < 4.78 is 69.2. The molecule has 2 saturated heterocycles. The predicted octanol–water partition coefficient (Wildman–Crippen LogP) is 3.83. The highest BCUT2D eigenvalue weighted by Gasteiger charge is 2.41. The Balaban J connectivity index is 1.60. The first-order valence-corrected chi connectivity index (χ1v) is 10.1. The Bertz CT molecular complexity index is 1290. The van der Waals surface area contributed by atoms with Crippen LogP contribution in [0.1, 0.15) is 24.8 Å². The van der Waals surface area contributed by atoms with Crippen molar-refractivity contribution in [2.75, 3.05) is 18.0 Å². The Kier molecular flexibility index (Phi) is 4.69. The molecule has 1 atom stereocenters. The average molecular weight is 468 g/mol. The molecule has 2 fully saturated rings. The van der Waals surface area contributed by atoms with Gasteiger partial charge in [-0.25, -0.2) is 23.2 Å². The minimum absolute atomic E-state index is 0.0599. The second kappa shape index (κ2) is 7.25. The molecule has 1 N–H and O–H groups in total. The van der Waals surface area contributed by atoms with E-state index in [0.29, 0.717) is 13.1 Å². The highest BCUT2D eigenvalue weighted by Crippen LogP contribution is 2.41. The van der Waals surface area contributed by atoms with Crippen LogP contribution in [0, 0.1) is 11.6 Å². The number of alkyl halides is 3. The van der Waals surface area contributed by atoms with Crippen LogP contribution in [-0.4, -0.2) is 54.9 Å². The number of carbonyl (C=O) groups excluding carboxylic acids is 1. The molecule has 2 aliphatic rings. The lowest BCUT2D eigenvalue weighted by Crippen LogP contribution is -2.38. The van der Waals surface area contributed by atoms with Crippen molar-refractivity contribution in [3.8, 4) is 17.0 Å². The SMILES string of the molecule is Cn1nc(-c2cc(C(F)(F)F)c(F)c(O)c2F)c2cnc(N3CC4CCCCN4C3=O)nc21. The van der Waals surface area contributed by atoms with Crippen LogP contribution < -0.4 is 4.90 Å². The summed E-state index contributed by atoms with van der Waals surface area (Å²) in [5, 5.41) is 13.7. The molecule has 8 nitrogen and oxygen atoms in total. The molecule has 3 aromatic rings. The van der Waals surface area contributed by atoms with Gasteiger partial charge in [0.25, 0.3) is 0 Å². The molecule has 2 amide bonds. The zero-order valence-corrected chi connectivity index (χ0v) is 17.2. The maximum atomic E-state index is 14.6. The van der Waals surface area contributed by atoms with E-state index in [4.69, 9.17) is 0 Å². The van der Waals surface area contributed by atoms with Gasteiger partial charge in [-0.3, -0.25) is 4.90 Å². The van der Waals surface area contributed by atoms with Crippen LogP contribution in [0.2, 0.25) is 0 Å². The van der Waals surface area contributed by atoms with Gasteiger partial charge < -0.3 is 10.0 Å². The standard InChI is InChI=1S/C20H17F5N6O2/c1-29-17-11(7-26-18(27-17)31-8-9-4-2-3-5-30(9)19(31)33)15(28-29)10-6-12(20(23,24)25)14(22)16(32)13(10)21/h6-7,9,32H,2-5,8H2,1H3. The second-order valence-electron chi connectivity index (χ2n) is 8.06. The van der Waals surface area contributed by atoms with Crippen molar-refractivity contribution in [1.29, 1.82) is 0 Å². The van der Waals surface area contributed by atoms with Crippen LogP contribution in [0.15, 0.2) is 12.3 Å². The molecule has 0 bridgehead atoms. The fourth-order valence-electron chi connectivity index (χ4n) is 4.41. The van der Waals surface area contributed by atoms with E-state index in [1.807, 2.05) is 0 Å². The normalized spacial score (nSPS) is 19.0. The number of carbonyl (C=O) groups is 1. The number of aromatic hydroxyl groups is 1. The molecule has 174 valence electrons. The lowest BCUT2D eigenvalue weighted by Gasteiger charge is -2.27. The third kappa shape index (κ3) is 3.25. The number of nitrogens with zero attached hydrogens (tertiary/aromatic N) is 6. The van der Waals surface area contributed by atoms with E-state index >= 15 is 0 Å². The number of fused-ring (bicyclic) bond motifs is 2. The van der Waals surface area contributed by atoms with Gasteiger partial charge >= 0.3 is 12.2 Å². The van der Waals surface area contributed by atoms with Crippen molar-refractivity contribution in [2.24, 2.45) is 7.05 Å². The number of halogens is 5. The van der Waals surface area contributed by atoms with Gasteiger partial charge in [0.1, 0.15) is 5.69 Å². The summed E-state index contributed by atoms with van der Waals surface area (Å²) in [6.07, 6.45) is -1.15. The maximum Gasteiger partial charge on any atom is 0.419 e. The molecule has 0 spiro atoms. The van der Waals surface area contributed by atoms with E-state index in [1.165, 1.54) is 22.8 Å². The van der Waals surface area contributed by atoms with Gasteiger partial charge in [0.05, 0.1) is 23.5 Å². The van der Waals surface area contributed by atoms with Crippen LogP contribution in [0.4, 0.5) is 32.7 Å². The molecule has 1 unspecified atom stereocenters. The fourth-order valence-corrected chi connectivity index (χ4v) is 4.41. The Hall–Kier alpha value is -3.51. The number of aryl methyl sites for hydroxylation is 1. The van der Waals surface area contributed by atoms with Crippen molar-refractivity contribution >= 4 is 23.0 Å². The first kappa shape index (κ1) is 21.3. The van der Waals surface area contributed by atoms with Gasteiger partial charge in [-0.2, -0.15) is 23.3 Å². The summed E-state index contributed by atoms with van der Waals surface area (Å²) in [6, 6.07) is 0.0812. The number of rotatable bonds is 2. The number of phenolic OH excluding ortho intramolecular Hbond substituents is 1. The molecule has 0 radical (unpaired) electrons. The minimum Gasteiger partial charge on any atom is -0.503 e. The summed E-state index contributed by atoms with van der Waals surface area (Å²) in [5.41, 5.74) is -2.75. The smallest absolute Gasteiger partial charge is 0.419 e. The Morgan fingerprint density at radius 1 is 1.18 bits per heavy atom. The minimum atomic E-state index is -5.17. The van der Waals surface area contributed by atoms with Crippen molar-refractivity contribution in [2.45, 2.75) is 31.5 Å². The van der Waals surface area contributed by atoms with Crippen LogP contribution >= 0.6 is 0 Å². The maximum absolute atomic E-state index is 14.6. The first-order valence-electron chi connectivity index (χ1n) is 10.1. The third-order valence-corrected chi connectivity index (χ3v) is 6.04. The number of aromatic nitrogens is 4. The molecule has 0 aliphatic carbocycles. The van der Waals surface area contributed by atoms with Crippen molar-refractivity contribution in [3.05, 3.63) is 29.5 Å². The Morgan fingerprint density at radius 2 is 1.94 bits per heavy atom. The van der Waals surface area contributed by atoms with Crippen LogP contribution in [0.25, 0.3) is 22.3 Å². The quantitative estimate of drug-likeness (QED) is 0.578. The topological polar surface area (TPSA) is 87.4 Å². The molecule has 2 aromatic heterocycles. The Labute approximate surface area is 183 Å². The summed E-state index contributed by atoms with van der Waals surface area (Å²) >= 11 is 0. The molecule has 4 heterocycles. The number of hydrogen-bond donors (Lipinski definition) is 1. The molecular weight excluding hydrogens is 451 g/mol. The highest BCUT2D eigenvalue weighted by molar-refractivity contribution is 5.95. The van der Waals surface area contributed by atoms with Crippen molar-refractivity contribution in [1.82, 2.24) is 24.6 Å². The zero-order chi connectivity index (χ0) is 23.7. The molecule has 13 heteroatoms. The van der Waals surface area contributed by atoms with E-state index in [2.05, 4.69) is 15.1 Å². The van der Waals surface area contributed by atoms with E-state index in [-0.39, 0.29) is 40.8 Å². The molecule has 5 rings (SSSR count). The summed E-state index contributed by atoms with van der Waals surface area (Å²) in [7, 11) is 1.43. The number of hydrogen-bond acceptors (Lipinski definition) is 5.